The van der Waals surface area contributed by atoms with Crippen molar-refractivity contribution in [2.75, 3.05) is 26.6 Å². The van der Waals surface area contributed by atoms with Gasteiger partial charge in [0.15, 0.2) is 11.5 Å². The number of amides is 3. The predicted molar refractivity (Wildman–Crippen MR) is 111 cm³/mol. The first-order chi connectivity index (χ1) is 14.4. The minimum atomic E-state index is -0.556. The van der Waals surface area contributed by atoms with Crippen LogP contribution >= 0.6 is 11.3 Å². The molecule has 0 spiro atoms. The molecule has 0 radical (unpaired) electrons. The van der Waals surface area contributed by atoms with Crippen LogP contribution in [0, 0.1) is 12.8 Å². The molecule has 0 atom stereocenters. The second kappa shape index (κ2) is 9.04. The Hall–Kier alpha value is -3.27. The number of hydrazine groups is 1. The summed E-state index contributed by atoms with van der Waals surface area (Å²) in [7, 11) is 4.35. The van der Waals surface area contributed by atoms with Gasteiger partial charge in [0.1, 0.15) is 0 Å². The molecule has 0 aliphatic heterocycles. The van der Waals surface area contributed by atoms with E-state index < -0.39 is 11.8 Å². The maximum absolute atomic E-state index is 12.5. The third-order valence-corrected chi connectivity index (χ3v) is 5.69. The van der Waals surface area contributed by atoms with Gasteiger partial charge in [-0.3, -0.25) is 25.2 Å². The van der Waals surface area contributed by atoms with Gasteiger partial charge in [0.2, 0.25) is 11.7 Å². The molecule has 9 nitrogen and oxygen atoms in total. The average Bonchev–Trinajstić information content (AvgIpc) is 3.53. The zero-order chi connectivity index (χ0) is 21.8. The molecule has 3 amide bonds. The fraction of sp³-hybridized carbons (Fsp3) is 0.350. The highest BCUT2D eigenvalue weighted by Gasteiger charge is 2.30. The maximum Gasteiger partial charge on any atom is 0.280 e. The van der Waals surface area contributed by atoms with Crippen LogP contribution in [-0.2, 0) is 4.79 Å². The van der Waals surface area contributed by atoms with E-state index in [2.05, 4.69) is 16.2 Å². The van der Waals surface area contributed by atoms with Crippen molar-refractivity contribution >= 4 is 34.1 Å². The summed E-state index contributed by atoms with van der Waals surface area (Å²) in [5.74, 6) is -0.00170. The van der Waals surface area contributed by atoms with E-state index >= 15 is 0 Å². The summed E-state index contributed by atoms with van der Waals surface area (Å²) in [6, 6.07) is 4.69. The summed E-state index contributed by atoms with van der Waals surface area (Å²) in [6.45, 7) is 1.76. The molecule has 160 valence electrons. The topological polar surface area (TPSA) is 115 Å². The molecule has 1 aliphatic carbocycles. The van der Waals surface area contributed by atoms with Crippen molar-refractivity contribution in [3.63, 3.8) is 0 Å². The molecule has 0 unspecified atom stereocenters. The number of aryl methyl sites for hydroxylation is 1. The summed E-state index contributed by atoms with van der Waals surface area (Å²) in [6.07, 6.45) is 1.80. The Kier molecular flexibility index (Phi) is 6.46. The lowest BCUT2D eigenvalue weighted by Gasteiger charge is -2.14. The lowest BCUT2D eigenvalue weighted by atomic mass is 10.1. The van der Waals surface area contributed by atoms with E-state index in [4.69, 9.17) is 14.2 Å². The number of carbonyl (C=O) groups is 3. The van der Waals surface area contributed by atoms with Crippen LogP contribution in [0.4, 0.5) is 5.00 Å². The molecule has 10 heteroatoms. The summed E-state index contributed by atoms with van der Waals surface area (Å²) < 4.78 is 15.7. The minimum absolute atomic E-state index is 0.0288. The first kappa shape index (κ1) is 21.4. The number of carbonyl (C=O) groups excluding carboxylic acids is 3. The fourth-order valence-electron chi connectivity index (χ4n) is 2.79. The molecule has 30 heavy (non-hydrogen) atoms. The Morgan fingerprint density at radius 2 is 1.53 bits per heavy atom. The van der Waals surface area contributed by atoms with Crippen LogP contribution in [0.3, 0.4) is 0 Å². The quantitative estimate of drug-likeness (QED) is 0.578. The normalized spacial score (nSPS) is 12.7. The molecule has 3 rings (SSSR count). The Morgan fingerprint density at radius 1 is 0.933 bits per heavy atom. The Labute approximate surface area is 177 Å². The first-order valence-electron chi connectivity index (χ1n) is 9.19. The number of hydrogen-bond donors (Lipinski definition) is 3. The first-order valence-corrected chi connectivity index (χ1v) is 10.0. The third kappa shape index (κ3) is 4.65. The second-order valence-corrected chi connectivity index (χ2v) is 7.76. The van der Waals surface area contributed by atoms with Crippen molar-refractivity contribution in [1.82, 2.24) is 10.9 Å². The second-order valence-electron chi connectivity index (χ2n) is 6.71. The fourth-order valence-corrected chi connectivity index (χ4v) is 3.76. The van der Waals surface area contributed by atoms with Gasteiger partial charge in [0.05, 0.1) is 31.2 Å². The Balaban J connectivity index is 1.66. The highest BCUT2D eigenvalue weighted by atomic mass is 32.1. The number of ether oxygens (including phenoxy) is 3. The van der Waals surface area contributed by atoms with Crippen molar-refractivity contribution in [3.8, 4) is 17.2 Å². The van der Waals surface area contributed by atoms with Gasteiger partial charge in [-0.1, -0.05) is 0 Å². The molecule has 0 bridgehead atoms. The van der Waals surface area contributed by atoms with Crippen molar-refractivity contribution in [2.24, 2.45) is 5.92 Å². The summed E-state index contributed by atoms with van der Waals surface area (Å²) in [4.78, 5) is 37.3. The highest BCUT2D eigenvalue weighted by molar-refractivity contribution is 7.18. The van der Waals surface area contributed by atoms with Crippen LogP contribution in [0.25, 0.3) is 0 Å². The molecule has 1 fully saturated rings. The van der Waals surface area contributed by atoms with Crippen LogP contribution in [0.1, 0.15) is 38.4 Å². The SMILES string of the molecule is COc1cc(C(=O)NNC(=O)c2sc(NC(=O)C3CC3)cc2C)cc(OC)c1OC. The Bertz CT molecular complexity index is 958. The average molecular weight is 433 g/mol. The van der Waals surface area contributed by atoms with Gasteiger partial charge in [-0.2, -0.15) is 0 Å². The number of rotatable bonds is 7. The number of hydrogen-bond acceptors (Lipinski definition) is 7. The molecule has 0 saturated heterocycles. The molecule has 1 aromatic heterocycles. The largest absolute Gasteiger partial charge is 0.493 e. The van der Waals surface area contributed by atoms with Gasteiger partial charge in [0, 0.05) is 11.5 Å². The molecule has 1 saturated carbocycles. The van der Waals surface area contributed by atoms with Crippen molar-refractivity contribution in [1.29, 1.82) is 0 Å². The van der Waals surface area contributed by atoms with Crippen molar-refractivity contribution in [3.05, 3.63) is 34.2 Å². The van der Waals surface area contributed by atoms with Crippen molar-refractivity contribution in [2.45, 2.75) is 19.8 Å². The minimum Gasteiger partial charge on any atom is -0.493 e. The third-order valence-electron chi connectivity index (χ3n) is 4.54. The molecule has 1 aliphatic rings. The monoisotopic (exact) mass is 433 g/mol. The molecule has 3 N–H and O–H groups in total. The highest BCUT2D eigenvalue weighted by Crippen LogP contribution is 2.38. The molecule has 1 heterocycles. The van der Waals surface area contributed by atoms with E-state index in [0.29, 0.717) is 32.7 Å². The molecule has 1 aromatic carbocycles. The predicted octanol–water partition coefficient (Wildman–Crippen LogP) is 2.51. The molecular formula is C20H23N3O6S. The van der Waals surface area contributed by atoms with E-state index in [-0.39, 0.29) is 17.4 Å². The zero-order valence-corrected chi connectivity index (χ0v) is 17.9. The number of anilines is 1. The van der Waals surface area contributed by atoms with Gasteiger partial charge in [-0.05, 0) is 43.5 Å². The summed E-state index contributed by atoms with van der Waals surface area (Å²) in [5, 5.41) is 3.42. The van der Waals surface area contributed by atoms with Gasteiger partial charge < -0.3 is 19.5 Å². The summed E-state index contributed by atoms with van der Waals surface area (Å²) >= 11 is 1.15. The molecule has 2 aromatic rings. The number of methoxy groups -OCH3 is 3. The van der Waals surface area contributed by atoms with Crippen LogP contribution in [0.5, 0.6) is 17.2 Å². The standard InChI is InChI=1S/C20H23N3O6S/c1-10-7-15(21-18(24)11-5-6-11)30-17(10)20(26)23-22-19(25)12-8-13(27-2)16(29-4)14(9-12)28-3/h7-9,11H,5-6H2,1-4H3,(H,21,24)(H,22,25)(H,23,26). The van der Waals surface area contributed by atoms with E-state index in [9.17, 15) is 14.4 Å². The van der Waals surface area contributed by atoms with Gasteiger partial charge >= 0.3 is 0 Å². The lowest BCUT2D eigenvalue weighted by Crippen LogP contribution is -2.41. The van der Waals surface area contributed by atoms with E-state index in [1.165, 1.54) is 33.5 Å². The number of nitrogens with one attached hydrogen (secondary N) is 3. The van der Waals surface area contributed by atoms with Crippen LogP contribution in [0.2, 0.25) is 0 Å². The Morgan fingerprint density at radius 3 is 2.07 bits per heavy atom. The van der Waals surface area contributed by atoms with E-state index in [1.807, 2.05) is 0 Å². The van der Waals surface area contributed by atoms with Gasteiger partial charge in [0.25, 0.3) is 11.8 Å². The number of thiophene rings is 1. The van der Waals surface area contributed by atoms with Gasteiger partial charge in [-0.25, -0.2) is 0 Å². The van der Waals surface area contributed by atoms with E-state index in [0.717, 1.165) is 24.2 Å². The zero-order valence-electron chi connectivity index (χ0n) is 17.1. The van der Waals surface area contributed by atoms with Crippen LogP contribution in [0.15, 0.2) is 18.2 Å². The number of benzene rings is 1. The van der Waals surface area contributed by atoms with Crippen LogP contribution in [-0.4, -0.2) is 39.1 Å². The maximum atomic E-state index is 12.5. The van der Waals surface area contributed by atoms with E-state index in [1.54, 1.807) is 13.0 Å². The summed E-state index contributed by atoms with van der Waals surface area (Å²) in [5.41, 5.74) is 5.67. The lowest BCUT2D eigenvalue weighted by molar-refractivity contribution is -0.117. The van der Waals surface area contributed by atoms with Crippen molar-refractivity contribution < 1.29 is 28.6 Å². The smallest absolute Gasteiger partial charge is 0.280 e. The van der Waals surface area contributed by atoms with Crippen LogP contribution < -0.4 is 30.4 Å². The van der Waals surface area contributed by atoms with Gasteiger partial charge in [-0.15, -0.1) is 11.3 Å². The molecular weight excluding hydrogens is 410 g/mol.